The molecule has 2 amide bonds. The SMILES string of the molecule is O=C(NCCCCCCC1(CCCCCCNC(=O)c2ccc3c(c2)OCCOCCOCCOCCOCCO3)c2cc(Br)ccc2-c2ccc(Br)cc21)c1ccc2c(c1)OCCOCCOCCOCCOCCO2. The molecule has 0 fully saturated rings. The van der Waals surface area contributed by atoms with Gasteiger partial charge in [-0.2, -0.15) is 0 Å². The van der Waals surface area contributed by atoms with E-state index in [1.54, 1.807) is 36.4 Å². The Morgan fingerprint density at radius 1 is 0.364 bits per heavy atom. The molecule has 0 unspecified atom stereocenters. The molecule has 0 radical (unpaired) electrons. The van der Waals surface area contributed by atoms with E-state index in [4.69, 9.17) is 56.8 Å². The molecule has 0 aromatic heterocycles. The molecule has 422 valence electrons. The first-order valence-corrected chi connectivity index (χ1v) is 29.1. The number of unbranched alkanes of at least 4 members (excludes halogenated alkanes) is 6. The summed E-state index contributed by atoms with van der Waals surface area (Å²) in [5.41, 5.74) is 6.23. The Morgan fingerprint density at radius 2 is 0.675 bits per heavy atom. The Labute approximate surface area is 471 Å². The first-order valence-electron chi connectivity index (χ1n) is 27.5. The van der Waals surface area contributed by atoms with Crippen molar-refractivity contribution in [3.63, 3.8) is 0 Å². The van der Waals surface area contributed by atoms with E-state index in [0.29, 0.717) is 179 Å². The van der Waals surface area contributed by atoms with E-state index in [-0.39, 0.29) is 17.2 Å². The van der Waals surface area contributed by atoms with Crippen LogP contribution in [0.2, 0.25) is 0 Å². The van der Waals surface area contributed by atoms with Crippen LogP contribution in [0.1, 0.15) is 96.1 Å². The van der Waals surface area contributed by atoms with Crippen LogP contribution in [0, 0.1) is 0 Å². The number of nitrogens with one attached hydrogen (secondary N) is 2. The Kier molecular flexibility index (Phi) is 27.1. The fourth-order valence-electron chi connectivity index (χ4n) is 9.65. The largest absolute Gasteiger partial charge is 0.487 e. The maximum Gasteiger partial charge on any atom is 0.251 e. The standard InChI is InChI=1S/C59H78Br2N2O14/c60-47-11-13-49-50-14-12-48(61)44-52(50)59(51(49)43-47,17-5-1-3-7-19-62-57(64)45-9-15-53-55(41-45)76-39-35-72-31-27-68-23-21-66-25-29-70-33-37-74-53)18-6-2-4-8-20-63-58(65)46-10-16-54-56(42-46)77-40-36-73-32-28-69-24-22-67-26-30-71-34-38-75-54/h9-16,41-44H,1-8,17-40H2,(H,62,64)(H,63,65). The van der Waals surface area contributed by atoms with Gasteiger partial charge in [-0.1, -0.05) is 82.5 Å². The summed E-state index contributed by atoms with van der Waals surface area (Å²) in [7, 11) is 0. The first kappa shape index (κ1) is 60.3. The molecule has 0 saturated carbocycles. The highest BCUT2D eigenvalue weighted by Gasteiger charge is 2.42. The summed E-state index contributed by atoms with van der Waals surface area (Å²) >= 11 is 7.63. The Bertz CT molecular complexity index is 2230. The first-order chi connectivity index (χ1) is 37.9. The van der Waals surface area contributed by atoms with Gasteiger partial charge in [0, 0.05) is 38.6 Å². The number of halogens is 2. The molecule has 77 heavy (non-hydrogen) atoms. The maximum absolute atomic E-state index is 13.4. The Balaban J connectivity index is 0.875. The summed E-state index contributed by atoms with van der Waals surface area (Å²) in [6.45, 7) is 9.61. The third kappa shape index (κ3) is 20.1. The number of amides is 2. The van der Waals surface area contributed by atoms with E-state index in [1.807, 2.05) is 0 Å². The number of hydrogen-bond donors (Lipinski definition) is 2. The van der Waals surface area contributed by atoms with Crippen LogP contribution in [0.4, 0.5) is 0 Å². The summed E-state index contributed by atoms with van der Waals surface area (Å²) in [5, 5.41) is 6.25. The molecule has 2 heterocycles. The van der Waals surface area contributed by atoms with Gasteiger partial charge in [0.05, 0.1) is 106 Å². The van der Waals surface area contributed by atoms with E-state index >= 15 is 0 Å². The third-order valence-corrected chi connectivity index (χ3v) is 14.5. The number of fused-ring (bicyclic) bond motifs is 5. The lowest BCUT2D eigenvalue weighted by atomic mass is 9.70. The Morgan fingerprint density at radius 3 is 1.03 bits per heavy atom. The van der Waals surface area contributed by atoms with Crippen LogP contribution in [-0.4, -0.2) is 157 Å². The van der Waals surface area contributed by atoms with Gasteiger partial charge < -0.3 is 67.5 Å². The number of hydrogen-bond acceptors (Lipinski definition) is 14. The van der Waals surface area contributed by atoms with Gasteiger partial charge >= 0.3 is 0 Å². The molecule has 18 heteroatoms. The molecule has 0 atom stereocenters. The third-order valence-electron chi connectivity index (χ3n) is 13.5. The molecule has 2 N–H and O–H groups in total. The van der Waals surface area contributed by atoms with Crippen molar-refractivity contribution < 1.29 is 66.4 Å². The van der Waals surface area contributed by atoms with Crippen molar-refractivity contribution in [2.24, 2.45) is 0 Å². The lowest BCUT2D eigenvalue weighted by molar-refractivity contribution is -0.00842. The fraction of sp³-hybridized carbons (Fsp3) is 0.559. The van der Waals surface area contributed by atoms with Gasteiger partial charge in [0.25, 0.3) is 11.8 Å². The van der Waals surface area contributed by atoms with Crippen molar-refractivity contribution in [3.05, 3.63) is 104 Å². The second kappa shape index (κ2) is 34.6. The molecule has 2 aliphatic heterocycles. The second-order valence-corrected chi connectivity index (χ2v) is 20.7. The number of benzene rings is 4. The van der Waals surface area contributed by atoms with Crippen molar-refractivity contribution in [3.8, 4) is 34.1 Å². The van der Waals surface area contributed by atoms with E-state index in [0.717, 1.165) is 73.2 Å². The predicted molar refractivity (Wildman–Crippen MR) is 300 cm³/mol. The van der Waals surface area contributed by atoms with Gasteiger partial charge in [0.2, 0.25) is 0 Å². The average Bonchev–Trinajstić information content (AvgIpc) is 3.69. The van der Waals surface area contributed by atoms with Gasteiger partial charge in [-0.25, -0.2) is 0 Å². The minimum absolute atomic E-state index is 0.142. The Hall–Kier alpha value is -4.34. The van der Waals surface area contributed by atoms with Crippen LogP contribution in [0.15, 0.2) is 81.7 Å². The van der Waals surface area contributed by atoms with Gasteiger partial charge in [-0.3, -0.25) is 9.59 Å². The zero-order valence-electron chi connectivity index (χ0n) is 44.5. The van der Waals surface area contributed by atoms with Crippen LogP contribution in [0.25, 0.3) is 11.1 Å². The monoisotopic (exact) mass is 1200 g/mol. The summed E-state index contributed by atoms with van der Waals surface area (Å²) in [6, 6.07) is 24.0. The van der Waals surface area contributed by atoms with Gasteiger partial charge in [-0.05, 0) is 109 Å². The molecule has 7 rings (SSSR count). The molecule has 4 aromatic carbocycles. The van der Waals surface area contributed by atoms with Crippen LogP contribution < -0.4 is 29.6 Å². The lowest BCUT2D eigenvalue weighted by Gasteiger charge is -2.33. The minimum atomic E-state index is -0.158. The van der Waals surface area contributed by atoms with Crippen molar-refractivity contribution in [1.29, 1.82) is 0 Å². The zero-order valence-corrected chi connectivity index (χ0v) is 47.7. The minimum Gasteiger partial charge on any atom is -0.487 e. The number of ether oxygens (including phenoxy) is 12. The maximum atomic E-state index is 13.4. The molecular weight excluding hydrogens is 1120 g/mol. The summed E-state index contributed by atoms with van der Waals surface area (Å²) in [5.74, 6) is 1.73. The van der Waals surface area contributed by atoms with Gasteiger partial charge in [-0.15, -0.1) is 0 Å². The zero-order chi connectivity index (χ0) is 53.6. The summed E-state index contributed by atoms with van der Waals surface area (Å²) in [6.07, 6.45) is 9.90. The van der Waals surface area contributed by atoms with E-state index in [2.05, 4.69) is 78.9 Å². The normalized spacial score (nSPS) is 17.5. The lowest BCUT2D eigenvalue weighted by Crippen LogP contribution is -2.26. The quantitative estimate of drug-likeness (QED) is 0.102. The van der Waals surface area contributed by atoms with Gasteiger partial charge in [0.1, 0.15) is 26.4 Å². The van der Waals surface area contributed by atoms with Crippen LogP contribution in [0.3, 0.4) is 0 Å². The highest BCUT2D eigenvalue weighted by atomic mass is 79.9. The smallest absolute Gasteiger partial charge is 0.251 e. The average molecular weight is 1200 g/mol. The molecular formula is C59H78Br2N2O14. The molecule has 3 aliphatic rings. The van der Waals surface area contributed by atoms with E-state index < -0.39 is 0 Å². The van der Waals surface area contributed by atoms with Crippen LogP contribution in [0.5, 0.6) is 23.0 Å². The highest BCUT2D eigenvalue weighted by molar-refractivity contribution is 9.10. The topological polar surface area (TPSA) is 169 Å². The van der Waals surface area contributed by atoms with Gasteiger partial charge in [0.15, 0.2) is 23.0 Å². The predicted octanol–water partition coefficient (Wildman–Crippen LogP) is 9.91. The van der Waals surface area contributed by atoms with Crippen LogP contribution in [-0.2, 0) is 43.3 Å². The van der Waals surface area contributed by atoms with Crippen LogP contribution >= 0.6 is 31.9 Å². The van der Waals surface area contributed by atoms with Crippen molar-refractivity contribution >= 4 is 43.7 Å². The van der Waals surface area contributed by atoms with Crippen molar-refractivity contribution in [2.45, 2.75) is 69.6 Å². The molecule has 0 bridgehead atoms. The van der Waals surface area contributed by atoms with Crippen molar-refractivity contribution in [1.82, 2.24) is 10.6 Å². The molecule has 1 aliphatic carbocycles. The summed E-state index contributed by atoms with van der Waals surface area (Å²) < 4.78 is 71.0. The molecule has 0 spiro atoms. The number of carbonyl (C=O) groups excluding carboxylic acids is 2. The van der Waals surface area contributed by atoms with Crippen molar-refractivity contribution in [2.75, 3.05) is 145 Å². The molecule has 4 aromatic rings. The van der Waals surface area contributed by atoms with E-state index in [9.17, 15) is 9.59 Å². The fourth-order valence-corrected chi connectivity index (χ4v) is 10.4. The molecule has 16 nitrogen and oxygen atoms in total. The second-order valence-electron chi connectivity index (χ2n) is 18.9. The summed E-state index contributed by atoms with van der Waals surface area (Å²) in [4.78, 5) is 26.8. The highest BCUT2D eigenvalue weighted by Crippen LogP contribution is 2.55. The number of carbonyl (C=O) groups is 2. The number of rotatable bonds is 16. The molecule has 0 saturated heterocycles. The van der Waals surface area contributed by atoms with E-state index in [1.165, 1.54) is 22.3 Å².